The molecule has 0 atom stereocenters. The second kappa shape index (κ2) is 3.55. The molecule has 0 aromatic heterocycles. The van der Waals surface area contributed by atoms with Gasteiger partial charge in [-0.05, 0) is 18.6 Å². The molecule has 5 heteroatoms. The molecule has 0 unspecified atom stereocenters. The first-order chi connectivity index (χ1) is 6.32. The van der Waals surface area contributed by atoms with E-state index in [9.17, 15) is 22.0 Å². The van der Waals surface area contributed by atoms with Crippen LogP contribution in [0.2, 0.25) is 0 Å². The molecule has 0 aliphatic heterocycles. The van der Waals surface area contributed by atoms with Crippen LogP contribution < -0.4 is 0 Å². The molecule has 0 radical (unpaired) electrons. The normalized spacial score (nSPS) is 12.2. The smallest absolute Gasteiger partial charge is 0.205 e. The Labute approximate surface area is 77.4 Å². The van der Waals surface area contributed by atoms with Gasteiger partial charge in [0.25, 0.3) is 6.43 Å². The summed E-state index contributed by atoms with van der Waals surface area (Å²) in [6, 6.07) is 2.53. The Morgan fingerprint density at radius 2 is 1.71 bits per heavy atom. The van der Waals surface area contributed by atoms with Gasteiger partial charge in [-0.1, -0.05) is 12.1 Å². The average molecular weight is 210 g/mol. The summed E-state index contributed by atoms with van der Waals surface area (Å²) in [5.41, 5.74) is -1.67. The number of hydrogen-bond acceptors (Lipinski definition) is 0. The molecule has 0 aliphatic rings. The van der Waals surface area contributed by atoms with Crippen LogP contribution in [0.3, 0.4) is 0 Å². The van der Waals surface area contributed by atoms with Crippen molar-refractivity contribution in [1.82, 2.24) is 0 Å². The maximum atomic E-state index is 12.2. The molecule has 1 aromatic rings. The second-order valence-corrected chi connectivity index (χ2v) is 2.87. The lowest BCUT2D eigenvalue weighted by Gasteiger charge is -2.11. The third-order valence-corrected chi connectivity index (χ3v) is 1.82. The molecule has 0 spiro atoms. The summed E-state index contributed by atoms with van der Waals surface area (Å²) >= 11 is 0. The van der Waals surface area contributed by atoms with Crippen LogP contribution in [-0.2, 0) is 6.18 Å². The first-order valence-corrected chi connectivity index (χ1v) is 3.78. The second-order valence-electron chi connectivity index (χ2n) is 2.87. The fraction of sp³-hybridized carbons (Fsp3) is 0.333. The van der Waals surface area contributed by atoms with Crippen molar-refractivity contribution in [1.29, 1.82) is 0 Å². The maximum Gasteiger partial charge on any atom is 0.416 e. The maximum absolute atomic E-state index is 12.2. The first-order valence-electron chi connectivity index (χ1n) is 3.78. The van der Waals surface area contributed by atoms with Gasteiger partial charge >= 0.3 is 6.18 Å². The number of aryl methyl sites for hydroxylation is 1. The summed E-state index contributed by atoms with van der Waals surface area (Å²) in [6.07, 6.45) is -7.45. The largest absolute Gasteiger partial charge is 0.416 e. The lowest BCUT2D eigenvalue weighted by molar-refractivity contribution is -0.138. The summed E-state index contributed by atoms with van der Waals surface area (Å²) in [5, 5.41) is 0. The Morgan fingerprint density at radius 3 is 2.14 bits per heavy atom. The van der Waals surface area contributed by atoms with Crippen molar-refractivity contribution in [2.24, 2.45) is 0 Å². The van der Waals surface area contributed by atoms with E-state index >= 15 is 0 Å². The highest BCUT2D eigenvalue weighted by molar-refractivity contribution is 5.33. The first kappa shape index (κ1) is 10.9. The molecule has 78 valence electrons. The SMILES string of the molecule is Cc1ccc(C(F)F)cc1C(F)(F)F. The van der Waals surface area contributed by atoms with Gasteiger partial charge in [0.05, 0.1) is 5.56 Å². The molecular formula is C9H7F5. The van der Waals surface area contributed by atoms with Gasteiger partial charge in [-0.2, -0.15) is 13.2 Å². The number of rotatable bonds is 1. The van der Waals surface area contributed by atoms with Crippen LogP contribution in [0.4, 0.5) is 22.0 Å². The Balaban J connectivity index is 3.22. The molecule has 0 saturated heterocycles. The minimum Gasteiger partial charge on any atom is -0.205 e. The molecule has 0 amide bonds. The standard InChI is InChI=1S/C9H7F5/c1-5-2-3-6(8(10)11)4-7(5)9(12,13)14/h2-4,8H,1H3. The van der Waals surface area contributed by atoms with Crippen LogP contribution in [0.1, 0.15) is 23.1 Å². The summed E-state index contributed by atoms with van der Waals surface area (Å²) in [5.74, 6) is 0. The molecule has 0 aliphatic carbocycles. The minimum absolute atomic E-state index is 0.0538. The van der Waals surface area contributed by atoms with E-state index in [1.54, 1.807) is 0 Å². The molecule has 0 heterocycles. The zero-order valence-electron chi connectivity index (χ0n) is 7.20. The van der Waals surface area contributed by atoms with E-state index in [1.807, 2.05) is 0 Å². The zero-order chi connectivity index (χ0) is 10.9. The molecule has 0 N–H and O–H groups in total. The van der Waals surface area contributed by atoms with Crippen molar-refractivity contribution in [2.45, 2.75) is 19.5 Å². The lowest BCUT2D eigenvalue weighted by Crippen LogP contribution is -2.08. The van der Waals surface area contributed by atoms with Gasteiger partial charge < -0.3 is 0 Å². The Hall–Kier alpha value is -1.13. The van der Waals surface area contributed by atoms with Crippen molar-refractivity contribution in [3.63, 3.8) is 0 Å². The predicted octanol–water partition coefficient (Wildman–Crippen LogP) is 3.95. The highest BCUT2D eigenvalue weighted by atomic mass is 19.4. The number of hydrogen-bond donors (Lipinski definition) is 0. The van der Waals surface area contributed by atoms with Crippen LogP contribution in [0.15, 0.2) is 18.2 Å². The van der Waals surface area contributed by atoms with E-state index in [4.69, 9.17) is 0 Å². The van der Waals surface area contributed by atoms with E-state index in [0.717, 1.165) is 12.1 Å². The van der Waals surface area contributed by atoms with Gasteiger partial charge in [-0.15, -0.1) is 0 Å². The topological polar surface area (TPSA) is 0 Å². The molecule has 0 fully saturated rings. The highest BCUT2D eigenvalue weighted by Crippen LogP contribution is 2.34. The summed E-state index contributed by atoms with van der Waals surface area (Å²) < 4.78 is 60.9. The minimum atomic E-state index is -4.57. The monoisotopic (exact) mass is 210 g/mol. The van der Waals surface area contributed by atoms with Gasteiger partial charge in [-0.3, -0.25) is 0 Å². The molecule has 1 aromatic carbocycles. The van der Waals surface area contributed by atoms with Crippen molar-refractivity contribution < 1.29 is 22.0 Å². The van der Waals surface area contributed by atoms with Gasteiger partial charge in [0.2, 0.25) is 0 Å². The molecule has 0 saturated carbocycles. The van der Waals surface area contributed by atoms with E-state index in [2.05, 4.69) is 0 Å². The number of alkyl halides is 5. The summed E-state index contributed by atoms with van der Waals surface area (Å²) in [6.45, 7) is 1.23. The van der Waals surface area contributed by atoms with E-state index in [1.165, 1.54) is 6.92 Å². The van der Waals surface area contributed by atoms with Crippen LogP contribution in [0.25, 0.3) is 0 Å². The molecule has 0 nitrogen and oxygen atoms in total. The van der Waals surface area contributed by atoms with Crippen molar-refractivity contribution in [3.8, 4) is 0 Å². The van der Waals surface area contributed by atoms with Gasteiger partial charge in [-0.25, -0.2) is 8.78 Å². The third-order valence-electron chi connectivity index (χ3n) is 1.82. The van der Waals surface area contributed by atoms with E-state index < -0.39 is 23.7 Å². The van der Waals surface area contributed by atoms with Crippen LogP contribution in [-0.4, -0.2) is 0 Å². The van der Waals surface area contributed by atoms with Crippen molar-refractivity contribution in [3.05, 3.63) is 34.9 Å². The quantitative estimate of drug-likeness (QED) is 0.615. The Bertz CT molecular complexity index is 326. The van der Waals surface area contributed by atoms with Gasteiger partial charge in [0.15, 0.2) is 0 Å². The van der Waals surface area contributed by atoms with Gasteiger partial charge in [0, 0.05) is 5.56 Å². The predicted molar refractivity (Wildman–Crippen MR) is 41.1 cm³/mol. The molecule has 1 rings (SSSR count). The number of halogens is 5. The van der Waals surface area contributed by atoms with Gasteiger partial charge in [0.1, 0.15) is 0 Å². The third kappa shape index (κ3) is 2.21. The molecular weight excluding hydrogens is 203 g/mol. The fourth-order valence-electron chi connectivity index (χ4n) is 1.08. The Kier molecular flexibility index (Phi) is 2.78. The number of benzene rings is 1. The summed E-state index contributed by atoms with van der Waals surface area (Å²) in [7, 11) is 0. The zero-order valence-corrected chi connectivity index (χ0v) is 7.20. The Morgan fingerprint density at radius 1 is 1.14 bits per heavy atom. The van der Waals surface area contributed by atoms with Crippen molar-refractivity contribution in [2.75, 3.05) is 0 Å². The highest BCUT2D eigenvalue weighted by Gasteiger charge is 2.32. The van der Waals surface area contributed by atoms with E-state index in [-0.39, 0.29) is 5.56 Å². The average Bonchev–Trinajstić information content (AvgIpc) is 2.02. The summed E-state index contributed by atoms with van der Waals surface area (Å²) in [4.78, 5) is 0. The molecule has 0 bridgehead atoms. The van der Waals surface area contributed by atoms with Crippen LogP contribution >= 0.6 is 0 Å². The van der Waals surface area contributed by atoms with Crippen molar-refractivity contribution >= 4 is 0 Å². The van der Waals surface area contributed by atoms with Crippen LogP contribution in [0, 0.1) is 6.92 Å². The van der Waals surface area contributed by atoms with Crippen LogP contribution in [0.5, 0.6) is 0 Å². The van der Waals surface area contributed by atoms with E-state index in [0.29, 0.717) is 6.07 Å². The molecule has 14 heavy (non-hydrogen) atoms. The lowest BCUT2D eigenvalue weighted by atomic mass is 10.0. The fourth-order valence-corrected chi connectivity index (χ4v) is 1.08.